The van der Waals surface area contributed by atoms with Gasteiger partial charge in [-0.2, -0.15) is 0 Å². The van der Waals surface area contributed by atoms with Crippen molar-refractivity contribution in [1.29, 1.82) is 0 Å². The highest BCUT2D eigenvalue weighted by Gasteiger charge is 2.29. The average Bonchev–Trinajstić information content (AvgIpc) is 2.59. The van der Waals surface area contributed by atoms with Gasteiger partial charge in [0.1, 0.15) is 6.04 Å². The second kappa shape index (κ2) is 8.52. The molecule has 0 heterocycles. The van der Waals surface area contributed by atoms with Gasteiger partial charge in [-0.25, -0.2) is 8.42 Å². The molecule has 2 aromatic rings. The van der Waals surface area contributed by atoms with E-state index in [0.717, 1.165) is 21.7 Å². The predicted octanol–water partition coefficient (Wildman–Crippen LogP) is 3.11. The molecule has 0 saturated carbocycles. The van der Waals surface area contributed by atoms with Gasteiger partial charge in [-0.1, -0.05) is 6.07 Å². The highest BCUT2D eigenvalue weighted by Crippen LogP contribution is 2.30. The molecular formula is C20H26N2O5S. The molecule has 0 fully saturated rings. The Balaban J connectivity index is 2.34. The molecule has 1 amide bonds. The van der Waals surface area contributed by atoms with E-state index in [1.54, 1.807) is 37.3 Å². The lowest BCUT2D eigenvalue weighted by Crippen LogP contribution is -2.45. The van der Waals surface area contributed by atoms with Gasteiger partial charge >= 0.3 is 0 Å². The van der Waals surface area contributed by atoms with Crippen molar-refractivity contribution in [2.24, 2.45) is 0 Å². The predicted molar refractivity (Wildman–Crippen MR) is 111 cm³/mol. The van der Waals surface area contributed by atoms with Crippen LogP contribution in [-0.2, 0) is 14.8 Å². The first kappa shape index (κ1) is 21.6. The Morgan fingerprint density at radius 1 is 1.00 bits per heavy atom. The van der Waals surface area contributed by atoms with Crippen LogP contribution in [0.25, 0.3) is 0 Å². The van der Waals surface area contributed by atoms with Crippen molar-refractivity contribution < 1.29 is 22.7 Å². The summed E-state index contributed by atoms with van der Waals surface area (Å²) < 4.78 is 36.4. The van der Waals surface area contributed by atoms with E-state index in [4.69, 9.17) is 9.47 Å². The van der Waals surface area contributed by atoms with Crippen molar-refractivity contribution >= 4 is 27.3 Å². The minimum atomic E-state index is -3.68. The Morgan fingerprint density at radius 2 is 1.57 bits per heavy atom. The minimum absolute atomic E-state index is 0.454. The van der Waals surface area contributed by atoms with Crippen LogP contribution in [0.3, 0.4) is 0 Å². The standard InChI is InChI=1S/C20H26N2O5S/c1-13-9-14(2)11-17(10-13)22(28(6,24)25)15(3)20(23)21-16-7-8-18(26-4)19(12-16)27-5/h7-12,15H,1-6H3,(H,21,23)/t15-/m0/s1. The number of methoxy groups -OCH3 is 2. The first-order chi connectivity index (χ1) is 13.1. The normalized spacial score (nSPS) is 12.2. The fraction of sp³-hybridized carbons (Fsp3) is 0.350. The second-order valence-electron chi connectivity index (χ2n) is 6.64. The Hall–Kier alpha value is -2.74. The number of aryl methyl sites for hydroxylation is 2. The highest BCUT2D eigenvalue weighted by atomic mass is 32.2. The Labute approximate surface area is 166 Å². The van der Waals surface area contributed by atoms with Gasteiger partial charge in [-0.15, -0.1) is 0 Å². The van der Waals surface area contributed by atoms with Crippen LogP contribution in [-0.4, -0.2) is 40.8 Å². The van der Waals surface area contributed by atoms with Gasteiger partial charge in [0.15, 0.2) is 11.5 Å². The molecule has 8 heteroatoms. The maximum absolute atomic E-state index is 12.8. The van der Waals surface area contributed by atoms with Crippen molar-refractivity contribution in [2.45, 2.75) is 26.8 Å². The molecule has 0 aliphatic carbocycles. The van der Waals surface area contributed by atoms with Crippen LogP contribution in [0.4, 0.5) is 11.4 Å². The molecule has 0 aliphatic rings. The number of anilines is 2. The molecule has 0 spiro atoms. The first-order valence-corrected chi connectivity index (χ1v) is 10.5. The van der Waals surface area contributed by atoms with Crippen molar-refractivity contribution in [3.63, 3.8) is 0 Å². The number of hydrogen-bond acceptors (Lipinski definition) is 5. The first-order valence-electron chi connectivity index (χ1n) is 8.67. The van der Waals surface area contributed by atoms with E-state index in [2.05, 4.69) is 5.32 Å². The molecule has 0 aliphatic heterocycles. The number of rotatable bonds is 7. The summed E-state index contributed by atoms with van der Waals surface area (Å²) >= 11 is 0. The monoisotopic (exact) mass is 406 g/mol. The lowest BCUT2D eigenvalue weighted by molar-refractivity contribution is -0.116. The van der Waals surface area contributed by atoms with Gasteiger partial charge in [0.05, 0.1) is 26.2 Å². The van der Waals surface area contributed by atoms with E-state index in [-0.39, 0.29) is 0 Å². The van der Waals surface area contributed by atoms with Crippen LogP contribution in [0.5, 0.6) is 11.5 Å². The van der Waals surface area contributed by atoms with E-state index in [9.17, 15) is 13.2 Å². The fourth-order valence-electron chi connectivity index (χ4n) is 3.05. The SMILES string of the molecule is COc1ccc(NC(=O)[C@H](C)N(c2cc(C)cc(C)c2)S(C)(=O)=O)cc1OC. The van der Waals surface area contributed by atoms with E-state index in [1.165, 1.54) is 14.2 Å². The van der Waals surface area contributed by atoms with Crippen LogP contribution in [0, 0.1) is 13.8 Å². The topological polar surface area (TPSA) is 84.9 Å². The number of carbonyl (C=O) groups excluding carboxylic acids is 1. The molecule has 1 atom stereocenters. The van der Waals surface area contributed by atoms with Crippen LogP contribution >= 0.6 is 0 Å². The number of carbonyl (C=O) groups is 1. The molecular weight excluding hydrogens is 380 g/mol. The van der Waals surface area contributed by atoms with Crippen molar-refractivity contribution in [3.05, 3.63) is 47.5 Å². The van der Waals surface area contributed by atoms with E-state index in [0.29, 0.717) is 22.9 Å². The van der Waals surface area contributed by atoms with E-state index >= 15 is 0 Å². The summed E-state index contributed by atoms with van der Waals surface area (Å²) in [6, 6.07) is 9.42. The summed E-state index contributed by atoms with van der Waals surface area (Å²) in [5, 5.41) is 2.74. The lowest BCUT2D eigenvalue weighted by atomic mass is 10.1. The van der Waals surface area contributed by atoms with Crippen molar-refractivity contribution in [1.82, 2.24) is 0 Å². The van der Waals surface area contributed by atoms with Crippen LogP contribution in [0.1, 0.15) is 18.1 Å². The molecule has 2 rings (SSSR count). The van der Waals surface area contributed by atoms with Gasteiger partial charge in [0.25, 0.3) is 0 Å². The number of amides is 1. The zero-order valence-electron chi connectivity index (χ0n) is 16.9. The van der Waals surface area contributed by atoms with Crippen LogP contribution in [0.2, 0.25) is 0 Å². The molecule has 0 saturated heterocycles. The van der Waals surface area contributed by atoms with Gasteiger partial charge < -0.3 is 14.8 Å². The smallest absolute Gasteiger partial charge is 0.247 e. The van der Waals surface area contributed by atoms with Gasteiger partial charge in [-0.3, -0.25) is 9.10 Å². The summed E-state index contributed by atoms with van der Waals surface area (Å²) in [5.74, 6) is 0.528. The maximum atomic E-state index is 12.8. The average molecular weight is 407 g/mol. The number of sulfonamides is 1. The van der Waals surface area contributed by atoms with Gasteiger partial charge in [0, 0.05) is 11.8 Å². The summed E-state index contributed by atoms with van der Waals surface area (Å²) in [4.78, 5) is 12.8. The second-order valence-corrected chi connectivity index (χ2v) is 8.50. The Kier molecular flexibility index (Phi) is 6.56. The fourth-order valence-corrected chi connectivity index (χ4v) is 4.21. The van der Waals surface area contributed by atoms with Crippen LogP contribution in [0.15, 0.2) is 36.4 Å². The number of hydrogen-bond donors (Lipinski definition) is 1. The number of nitrogens with one attached hydrogen (secondary N) is 1. The molecule has 7 nitrogen and oxygen atoms in total. The Morgan fingerprint density at radius 3 is 2.07 bits per heavy atom. The molecule has 0 bridgehead atoms. The van der Waals surface area contributed by atoms with Crippen molar-refractivity contribution in [3.8, 4) is 11.5 Å². The van der Waals surface area contributed by atoms with Crippen LogP contribution < -0.4 is 19.1 Å². The summed E-state index contributed by atoms with van der Waals surface area (Å²) in [6.07, 6.45) is 1.09. The maximum Gasteiger partial charge on any atom is 0.247 e. The summed E-state index contributed by atoms with van der Waals surface area (Å²) in [6.45, 7) is 5.31. The van der Waals surface area contributed by atoms with Gasteiger partial charge in [0.2, 0.25) is 15.9 Å². The number of ether oxygens (including phenoxy) is 2. The zero-order chi connectivity index (χ0) is 21.1. The quantitative estimate of drug-likeness (QED) is 0.764. The van der Waals surface area contributed by atoms with E-state index in [1.807, 2.05) is 19.9 Å². The molecule has 28 heavy (non-hydrogen) atoms. The number of benzene rings is 2. The third-order valence-corrected chi connectivity index (χ3v) is 5.44. The van der Waals surface area contributed by atoms with E-state index < -0.39 is 22.0 Å². The highest BCUT2D eigenvalue weighted by molar-refractivity contribution is 7.92. The minimum Gasteiger partial charge on any atom is -0.493 e. The number of nitrogens with zero attached hydrogens (tertiary/aromatic N) is 1. The van der Waals surface area contributed by atoms with Gasteiger partial charge in [-0.05, 0) is 56.2 Å². The summed E-state index contributed by atoms with van der Waals surface area (Å²) in [7, 11) is -0.666. The molecule has 0 radical (unpaired) electrons. The van der Waals surface area contributed by atoms with Crippen molar-refractivity contribution in [2.75, 3.05) is 30.1 Å². The molecule has 152 valence electrons. The molecule has 0 unspecified atom stereocenters. The molecule has 2 aromatic carbocycles. The Bertz CT molecular complexity index is 952. The third-order valence-electron chi connectivity index (χ3n) is 4.20. The molecule has 1 N–H and O–H groups in total. The molecule has 0 aromatic heterocycles. The zero-order valence-corrected chi connectivity index (χ0v) is 17.8. The third kappa shape index (κ3) is 4.95. The largest absolute Gasteiger partial charge is 0.493 e. The lowest BCUT2D eigenvalue weighted by Gasteiger charge is -2.29. The summed E-state index contributed by atoms with van der Waals surface area (Å²) in [5.41, 5.74) is 2.76.